The van der Waals surface area contributed by atoms with Gasteiger partial charge >= 0.3 is 0 Å². The van der Waals surface area contributed by atoms with Gasteiger partial charge in [0.1, 0.15) is 12.7 Å². The third kappa shape index (κ3) is 5.08. The first-order valence-corrected chi connectivity index (χ1v) is 3.78. The zero-order valence-corrected chi connectivity index (χ0v) is 9.38. The van der Waals surface area contributed by atoms with Crippen molar-refractivity contribution in [2.24, 2.45) is 11.7 Å². The maximum atomic E-state index is 5.82. The second-order valence-corrected chi connectivity index (χ2v) is 3.03. The predicted molar refractivity (Wildman–Crippen MR) is 57.3 cm³/mol. The number of rotatable bonds is 3. The van der Waals surface area contributed by atoms with Crippen LogP contribution in [0.1, 0.15) is 13.8 Å². The average Bonchev–Trinajstić information content (AvgIpc) is 2.39. The molecule has 0 saturated heterocycles. The molecule has 4 nitrogen and oxygen atoms in total. The molecule has 1 unspecified atom stereocenters. The average molecular weight is 227 g/mol. The van der Waals surface area contributed by atoms with Crippen LogP contribution in [-0.4, -0.2) is 20.8 Å². The van der Waals surface area contributed by atoms with Gasteiger partial charge in [-0.15, -0.1) is 24.8 Å². The molecule has 0 saturated carbocycles. The molecule has 1 aromatic rings. The number of hydrogen-bond donors (Lipinski definition) is 1. The lowest BCUT2D eigenvalue weighted by atomic mass is 10.1. The Balaban J connectivity index is 0. The van der Waals surface area contributed by atoms with Crippen LogP contribution in [0.2, 0.25) is 0 Å². The van der Waals surface area contributed by atoms with Crippen LogP contribution in [0, 0.1) is 5.92 Å². The summed E-state index contributed by atoms with van der Waals surface area (Å²) in [7, 11) is 0. The van der Waals surface area contributed by atoms with Gasteiger partial charge in [0.05, 0.1) is 6.54 Å². The molecule has 1 rings (SSSR count). The number of aromatic nitrogens is 3. The van der Waals surface area contributed by atoms with Crippen molar-refractivity contribution in [3.8, 4) is 0 Å². The Labute approximate surface area is 90.7 Å². The normalized spacial score (nSPS) is 11.7. The molecule has 0 spiro atoms. The zero-order chi connectivity index (χ0) is 8.27. The van der Waals surface area contributed by atoms with Crippen molar-refractivity contribution in [3.63, 3.8) is 0 Å². The Morgan fingerprint density at radius 1 is 1.38 bits per heavy atom. The van der Waals surface area contributed by atoms with Gasteiger partial charge in [0.25, 0.3) is 0 Å². The van der Waals surface area contributed by atoms with Crippen LogP contribution in [0.15, 0.2) is 12.7 Å². The smallest absolute Gasteiger partial charge is 0.137 e. The van der Waals surface area contributed by atoms with E-state index in [1.54, 1.807) is 11.0 Å². The molecule has 2 N–H and O–H groups in total. The van der Waals surface area contributed by atoms with Crippen molar-refractivity contribution < 1.29 is 0 Å². The highest BCUT2D eigenvalue weighted by Crippen LogP contribution is 1.99. The fraction of sp³-hybridized carbons (Fsp3) is 0.714. The molecular formula is C7H16Cl2N4. The summed E-state index contributed by atoms with van der Waals surface area (Å²) in [5.41, 5.74) is 5.82. The molecule has 0 amide bonds. The van der Waals surface area contributed by atoms with Crippen molar-refractivity contribution in [2.45, 2.75) is 26.4 Å². The van der Waals surface area contributed by atoms with Gasteiger partial charge in [0.2, 0.25) is 0 Å². The zero-order valence-electron chi connectivity index (χ0n) is 7.75. The molecule has 0 fully saturated rings. The summed E-state index contributed by atoms with van der Waals surface area (Å²) in [6.07, 6.45) is 3.20. The van der Waals surface area contributed by atoms with Gasteiger partial charge in [-0.2, -0.15) is 5.10 Å². The van der Waals surface area contributed by atoms with Crippen molar-refractivity contribution in [2.75, 3.05) is 0 Å². The van der Waals surface area contributed by atoms with Gasteiger partial charge in [-0.3, -0.25) is 4.68 Å². The molecule has 0 radical (unpaired) electrons. The minimum Gasteiger partial charge on any atom is -0.326 e. The monoisotopic (exact) mass is 226 g/mol. The van der Waals surface area contributed by atoms with Crippen molar-refractivity contribution in [1.29, 1.82) is 0 Å². The molecule has 0 aromatic carbocycles. The van der Waals surface area contributed by atoms with Gasteiger partial charge in [-0.05, 0) is 5.92 Å². The number of nitrogens with two attached hydrogens (primary N) is 1. The fourth-order valence-corrected chi connectivity index (χ4v) is 0.754. The first kappa shape index (κ1) is 15.2. The highest BCUT2D eigenvalue weighted by Gasteiger charge is 2.07. The first-order valence-electron chi connectivity index (χ1n) is 3.78. The first-order chi connectivity index (χ1) is 5.20. The Kier molecular flexibility index (Phi) is 8.30. The molecule has 0 aliphatic rings. The van der Waals surface area contributed by atoms with Crippen LogP contribution in [0.5, 0.6) is 0 Å². The van der Waals surface area contributed by atoms with Gasteiger partial charge < -0.3 is 5.73 Å². The summed E-state index contributed by atoms with van der Waals surface area (Å²) in [6.45, 7) is 4.95. The molecule has 1 aromatic heterocycles. The summed E-state index contributed by atoms with van der Waals surface area (Å²) in [6, 6.07) is 0.164. The topological polar surface area (TPSA) is 56.7 Å². The molecular weight excluding hydrogens is 211 g/mol. The Hall–Kier alpha value is -0.320. The molecule has 78 valence electrons. The molecule has 13 heavy (non-hydrogen) atoms. The SMILES string of the molecule is CC(C)C(N)Cn1cncn1.Cl.Cl. The van der Waals surface area contributed by atoms with Gasteiger partial charge in [0, 0.05) is 6.04 Å². The number of halogens is 2. The van der Waals surface area contributed by atoms with Crippen molar-refractivity contribution in [3.05, 3.63) is 12.7 Å². The van der Waals surface area contributed by atoms with Crippen LogP contribution in [0.25, 0.3) is 0 Å². The summed E-state index contributed by atoms with van der Waals surface area (Å²) < 4.78 is 1.75. The highest BCUT2D eigenvalue weighted by atomic mass is 35.5. The Morgan fingerprint density at radius 3 is 2.38 bits per heavy atom. The van der Waals surface area contributed by atoms with E-state index in [0.29, 0.717) is 5.92 Å². The molecule has 6 heteroatoms. The third-order valence-corrected chi connectivity index (χ3v) is 1.72. The lowest BCUT2D eigenvalue weighted by Crippen LogP contribution is -2.31. The quantitative estimate of drug-likeness (QED) is 0.841. The second-order valence-electron chi connectivity index (χ2n) is 3.03. The molecule has 1 atom stereocenters. The summed E-state index contributed by atoms with van der Waals surface area (Å²) in [5.74, 6) is 0.485. The van der Waals surface area contributed by atoms with E-state index in [0.717, 1.165) is 6.54 Å². The van der Waals surface area contributed by atoms with Gasteiger partial charge in [-0.25, -0.2) is 4.98 Å². The van der Waals surface area contributed by atoms with Crippen LogP contribution in [-0.2, 0) is 6.54 Å². The van der Waals surface area contributed by atoms with Crippen molar-refractivity contribution >= 4 is 24.8 Å². The van der Waals surface area contributed by atoms with E-state index in [4.69, 9.17) is 5.73 Å². The summed E-state index contributed by atoms with van der Waals surface area (Å²) in [5, 5.41) is 3.96. The van der Waals surface area contributed by atoms with Crippen LogP contribution >= 0.6 is 24.8 Å². The van der Waals surface area contributed by atoms with E-state index in [2.05, 4.69) is 23.9 Å². The van der Waals surface area contributed by atoms with Crippen LogP contribution in [0.4, 0.5) is 0 Å². The van der Waals surface area contributed by atoms with Crippen LogP contribution < -0.4 is 5.73 Å². The highest BCUT2D eigenvalue weighted by molar-refractivity contribution is 5.85. The van der Waals surface area contributed by atoms with Gasteiger partial charge in [0.15, 0.2) is 0 Å². The lowest BCUT2D eigenvalue weighted by Gasteiger charge is -2.14. The largest absolute Gasteiger partial charge is 0.326 e. The van der Waals surface area contributed by atoms with Gasteiger partial charge in [-0.1, -0.05) is 13.8 Å². The maximum Gasteiger partial charge on any atom is 0.137 e. The standard InChI is InChI=1S/C7H14N4.2ClH/c1-6(2)7(8)3-11-5-9-4-10-11;;/h4-7H,3,8H2,1-2H3;2*1H. The van der Waals surface area contributed by atoms with E-state index in [-0.39, 0.29) is 30.9 Å². The predicted octanol–water partition coefficient (Wildman–Crippen LogP) is 1.10. The minimum absolute atomic E-state index is 0. The Morgan fingerprint density at radius 2 is 2.00 bits per heavy atom. The maximum absolute atomic E-state index is 5.82. The molecule has 0 aliphatic carbocycles. The van der Waals surface area contributed by atoms with E-state index in [9.17, 15) is 0 Å². The number of hydrogen-bond acceptors (Lipinski definition) is 3. The van der Waals surface area contributed by atoms with Crippen molar-refractivity contribution in [1.82, 2.24) is 14.8 Å². The second kappa shape index (κ2) is 7.12. The minimum atomic E-state index is 0. The fourth-order valence-electron chi connectivity index (χ4n) is 0.754. The number of nitrogens with zero attached hydrogens (tertiary/aromatic N) is 3. The summed E-state index contributed by atoms with van der Waals surface area (Å²) >= 11 is 0. The van der Waals surface area contributed by atoms with E-state index in [1.165, 1.54) is 6.33 Å². The molecule has 1 heterocycles. The Bertz CT molecular complexity index is 200. The molecule has 0 bridgehead atoms. The van der Waals surface area contributed by atoms with E-state index < -0.39 is 0 Å². The van der Waals surface area contributed by atoms with E-state index in [1.807, 2.05) is 0 Å². The third-order valence-electron chi connectivity index (χ3n) is 1.72. The lowest BCUT2D eigenvalue weighted by molar-refractivity contribution is 0.413. The van der Waals surface area contributed by atoms with E-state index >= 15 is 0 Å². The summed E-state index contributed by atoms with van der Waals surface area (Å²) in [4.78, 5) is 3.83. The van der Waals surface area contributed by atoms with Crippen LogP contribution in [0.3, 0.4) is 0 Å². The molecule has 0 aliphatic heterocycles.